The summed E-state index contributed by atoms with van der Waals surface area (Å²) in [6.45, 7) is 0.558. The zero-order valence-electron chi connectivity index (χ0n) is 16.9. The predicted octanol–water partition coefficient (Wildman–Crippen LogP) is 3.87. The van der Waals surface area contributed by atoms with Gasteiger partial charge in [-0.15, -0.1) is 0 Å². The summed E-state index contributed by atoms with van der Waals surface area (Å²) in [6, 6.07) is 11.2. The highest BCUT2D eigenvalue weighted by Crippen LogP contribution is 2.34. The molecule has 0 spiro atoms. The number of carbonyl (C=O) groups excluding carboxylic acids is 4. The first-order valence-electron chi connectivity index (χ1n) is 10.3. The second-order valence-corrected chi connectivity index (χ2v) is 8.09. The van der Waals surface area contributed by atoms with Gasteiger partial charge in [-0.2, -0.15) is 0 Å². The van der Waals surface area contributed by atoms with Crippen LogP contribution in [0.25, 0.3) is 0 Å². The third-order valence-electron chi connectivity index (χ3n) is 5.52. The van der Waals surface area contributed by atoms with Crippen LogP contribution in [0.2, 0.25) is 5.02 Å². The predicted molar refractivity (Wildman–Crippen MR) is 117 cm³/mol. The number of nitrogens with one attached hydrogen (secondary N) is 1. The molecule has 2 heterocycles. The summed E-state index contributed by atoms with van der Waals surface area (Å²) in [7, 11) is 0. The van der Waals surface area contributed by atoms with Crippen molar-refractivity contribution in [2.45, 2.75) is 32.1 Å². The van der Waals surface area contributed by atoms with Crippen LogP contribution in [-0.4, -0.2) is 41.6 Å². The van der Waals surface area contributed by atoms with Gasteiger partial charge in [0.2, 0.25) is 11.8 Å². The number of fused-ring (bicyclic) bond motifs is 1. The summed E-state index contributed by atoms with van der Waals surface area (Å²) < 4.78 is 0. The minimum absolute atomic E-state index is 0.00569. The number of likely N-dealkylation sites (tertiary alicyclic amines) is 1. The van der Waals surface area contributed by atoms with Gasteiger partial charge in [-0.1, -0.05) is 36.6 Å². The van der Waals surface area contributed by atoms with E-state index in [2.05, 4.69) is 5.32 Å². The number of amides is 4. The van der Waals surface area contributed by atoms with E-state index in [0.29, 0.717) is 29.8 Å². The van der Waals surface area contributed by atoms with Crippen LogP contribution in [0.4, 0.5) is 11.4 Å². The van der Waals surface area contributed by atoms with E-state index in [-0.39, 0.29) is 29.1 Å². The maximum absolute atomic E-state index is 12.7. The number of hydrogen-bond acceptors (Lipinski definition) is 4. The summed E-state index contributed by atoms with van der Waals surface area (Å²) in [4.78, 5) is 52.6. The third-order valence-corrected chi connectivity index (χ3v) is 5.82. The molecule has 31 heavy (non-hydrogen) atoms. The molecule has 2 aliphatic heterocycles. The number of benzene rings is 2. The van der Waals surface area contributed by atoms with Crippen molar-refractivity contribution in [1.82, 2.24) is 4.90 Å². The van der Waals surface area contributed by atoms with Crippen molar-refractivity contribution in [3.05, 3.63) is 58.6 Å². The molecule has 1 N–H and O–H groups in total. The molecule has 1 fully saturated rings. The molecule has 2 aliphatic rings. The van der Waals surface area contributed by atoms with Gasteiger partial charge in [0.15, 0.2) is 0 Å². The molecule has 1 saturated heterocycles. The Labute approximate surface area is 185 Å². The molecule has 160 valence electrons. The van der Waals surface area contributed by atoms with Crippen molar-refractivity contribution in [2.75, 3.05) is 23.3 Å². The van der Waals surface area contributed by atoms with Crippen LogP contribution in [0.5, 0.6) is 0 Å². The molecule has 0 aromatic heterocycles. The van der Waals surface area contributed by atoms with Gasteiger partial charge in [-0.05, 0) is 43.2 Å². The maximum atomic E-state index is 12.7. The van der Waals surface area contributed by atoms with Crippen LogP contribution in [-0.2, 0) is 9.59 Å². The molecule has 0 radical (unpaired) electrons. The van der Waals surface area contributed by atoms with Crippen LogP contribution >= 0.6 is 11.6 Å². The number of anilines is 2. The lowest BCUT2D eigenvalue weighted by Gasteiger charge is -2.24. The molecular weight excluding hydrogens is 418 g/mol. The largest absolute Gasteiger partial charge is 0.333 e. The fourth-order valence-corrected chi connectivity index (χ4v) is 4.20. The van der Waals surface area contributed by atoms with E-state index < -0.39 is 11.8 Å². The molecule has 0 aliphatic carbocycles. The van der Waals surface area contributed by atoms with E-state index >= 15 is 0 Å². The van der Waals surface area contributed by atoms with Gasteiger partial charge in [0, 0.05) is 18.7 Å². The van der Waals surface area contributed by atoms with Crippen molar-refractivity contribution in [1.29, 1.82) is 0 Å². The SMILES string of the molecule is O=C(CN1CCCCCCC1=O)Nc1ccc(N2C(=O)c3ccccc3C2=O)c(Cl)c1. The normalized spacial score (nSPS) is 16.7. The van der Waals surface area contributed by atoms with E-state index in [0.717, 1.165) is 30.6 Å². The molecule has 7 nitrogen and oxygen atoms in total. The monoisotopic (exact) mass is 439 g/mol. The van der Waals surface area contributed by atoms with Crippen LogP contribution in [0, 0.1) is 0 Å². The first-order valence-corrected chi connectivity index (χ1v) is 10.7. The summed E-state index contributed by atoms with van der Waals surface area (Å²) in [6.07, 6.45) is 4.31. The molecule has 8 heteroatoms. The quantitative estimate of drug-likeness (QED) is 0.732. The summed E-state index contributed by atoms with van der Waals surface area (Å²) >= 11 is 6.36. The average molecular weight is 440 g/mol. The summed E-state index contributed by atoms with van der Waals surface area (Å²) in [5.74, 6) is -1.20. The molecule has 0 bridgehead atoms. The van der Waals surface area contributed by atoms with E-state index in [4.69, 9.17) is 11.6 Å². The van der Waals surface area contributed by atoms with Gasteiger partial charge < -0.3 is 10.2 Å². The van der Waals surface area contributed by atoms with Gasteiger partial charge in [-0.3, -0.25) is 19.2 Å². The molecule has 0 unspecified atom stereocenters. The fraction of sp³-hybridized carbons (Fsp3) is 0.304. The van der Waals surface area contributed by atoms with E-state index in [1.54, 1.807) is 35.2 Å². The standard InChI is InChI=1S/C23H22ClN3O4/c24-18-13-15(25-20(28)14-26-12-6-2-1-3-9-21(26)29)10-11-19(18)27-22(30)16-7-4-5-8-17(16)23(27)31/h4-5,7-8,10-11,13H,1-3,6,9,12,14H2,(H,25,28). The number of nitrogens with zero attached hydrogens (tertiary/aromatic N) is 2. The molecular formula is C23H22ClN3O4. The summed E-state index contributed by atoms with van der Waals surface area (Å²) in [5.41, 5.74) is 1.34. The van der Waals surface area contributed by atoms with E-state index in [1.165, 1.54) is 12.1 Å². The van der Waals surface area contributed by atoms with Gasteiger partial charge in [-0.25, -0.2) is 4.90 Å². The first kappa shape index (κ1) is 21.1. The first-order chi connectivity index (χ1) is 15.0. The van der Waals surface area contributed by atoms with E-state index in [9.17, 15) is 19.2 Å². The highest BCUT2D eigenvalue weighted by molar-refractivity contribution is 6.40. The smallest absolute Gasteiger partial charge is 0.266 e. The molecule has 0 atom stereocenters. The van der Waals surface area contributed by atoms with Gasteiger partial charge >= 0.3 is 0 Å². The maximum Gasteiger partial charge on any atom is 0.266 e. The Balaban J connectivity index is 1.46. The fourth-order valence-electron chi connectivity index (χ4n) is 3.93. The Hall–Kier alpha value is -3.19. The van der Waals surface area contributed by atoms with Crippen molar-refractivity contribution >= 4 is 46.6 Å². The highest BCUT2D eigenvalue weighted by Gasteiger charge is 2.37. The Morgan fingerprint density at radius 3 is 2.29 bits per heavy atom. The second kappa shape index (κ2) is 8.89. The molecule has 4 amide bonds. The van der Waals surface area contributed by atoms with Gasteiger partial charge in [0.25, 0.3) is 11.8 Å². The van der Waals surface area contributed by atoms with Crippen molar-refractivity contribution in [3.8, 4) is 0 Å². The van der Waals surface area contributed by atoms with Crippen LogP contribution in [0.1, 0.15) is 52.8 Å². The van der Waals surface area contributed by atoms with Crippen LogP contribution < -0.4 is 10.2 Å². The topological polar surface area (TPSA) is 86.8 Å². The minimum atomic E-state index is -0.435. The average Bonchev–Trinajstić information content (AvgIpc) is 2.99. The lowest BCUT2D eigenvalue weighted by Crippen LogP contribution is -2.39. The zero-order valence-corrected chi connectivity index (χ0v) is 17.7. The molecule has 4 rings (SSSR count). The van der Waals surface area contributed by atoms with Crippen molar-refractivity contribution in [2.24, 2.45) is 0 Å². The minimum Gasteiger partial charge on any atom is -0.333 e. The second-order valence-electron chi connectivity index (χ2n) is 7.69. The zero-order chi connectivity index (χ0) is 22.0. The Morgan fingerprint density at radius 2 is 1.61 bits per heavy atom. The lowest BCUT2D eigenvalue weighted by molar-refractivity contribution is -0.135. The Morgan fingerprint density at radius 1 is 0.935 bits per heavy atom. The van der Waals surface area contributed by atoms with Crippen LogP contribution in [0.15, 0.2) is 42.5 Å². The molecule has 2 aromatic rings. The van der Waals surface area contributed by atoms with Gasteiger partial charge in [0.1, 0.15) is 0 Å². The number of rotatable bonds is 4. The van der Waals surface area contributed by atoms with Crippen molar-refractivity contribution < 1.29 is 19.2 Å². The third kappa shape index (κ3) is 4.32. The summed E-state index contributed by atoms with van der Waals surface area (Å²) in [5, 5.41) is 2.90. The Kier molecular flexibility index (Phi) is 6.04. The van der Waals surface area contributed by atoms with Gasteiger partial charge in [0.05, 0.1) is 28.4 Å². The number of hydrogen-bond donors (Lipinski definition) is 1. The Bertz CT molecular complexity index is 1030. The van der Waals surface area contributed by atoms with Crippen LogP contribution in [0.3, 0.4) is 0 Å². The number of carbonyl (C=O) groups is 4. The highest BCUT2D eigenvalue weighted by atomic mass is 35.5. The lowest BCUT2D eigenvalue weighted by atomic mass is 10.1. The molecule has 2 aromatic carbocycles. The number of halogens is 1. The van der Waals surface area contributed by atoms with Crippen molar-refractivity contribution in [3.63, 3.8) is 0 Å². The molecule has 0 saturated carbocycles. The van der Waals surface area contributed by atoms with E-state index in [1.807, 2.05) is 0 Å². The number of imide groups is 1.